The Balaban J connectivity index is 2.17. The Bertz CT molecular complexity index is 431. The van der Waals surface area contributed by atoms with Crippen molar-refractivity contribution in [2.24, 2.45) is 5.92 Å². The maximum Gasteiger partial charge on any atom is 0.274 e. The van der Waals surface area contributed by atoms with Gasteiger partial charge in [-0.3, -0.25) is 9.59 Å². The number of amides is 2. The molecule has 1 aliphatic heterocycles. The number of aromatic nitrogens is 1. The fraction of sp³-hybridized carbons (Fsp3) is 0.583. The van der Waals surface area contributed by atoms with Crippen molar-refractivity contribution >= 4 is 23.3 Å². The first-order valence-electron chi connectivity index (χ1n) is 6.08. The van der Waals surface area contributed by atoms with Crippen molar-refractivity contribution in [2.75, 3.05) is 13.1 Å². The normalized spacial score (nSPS) is 20.1. The van der Waals surface area contributed by atoms with Crippen molar-refractivity contribution in [3.05, 3.63) is 17.1 Å². The van der Waals surface area contributed by atoms with Gasteiger partial charge in [-0.05, 0) is 29.9 Å². The van der Waals surface area contributed by atoms with Crippen molar-refractivity contribution in [3.8, 4) is 0 Å². The van der Waals surface area contributed by atoms with Crippen LogP contribution in [0.15, 0.2) is 11.4 Å². The Kier molecular flexibility index (Phi) is 3.96. The zero-order valence-electron chi connectivity index (χ0n) is 10.5. The second kappa shape index (κ2) is 5.48. The van der Waals surface area contributed by atoms with Crippen LogP contribution in [0.3, 0.4) is 0 Å². The maximum absolute atomic E-state index is 12.3. The standard InChI is InChI=1S/C12H17N3O2S/c1-8(2)7-10-11(16)13-4-5-15(10)12(17)9-3-6-18-14-9/h3,6,8,10H,4-5,7H2,1-2H3,(H,13,16)/t10-/m0/s1. The molecule has 2 rings (SSSR count). The fourth-order valence-corrected chi connectivity index (χ4v) is 2.61. The van der Waals surface area contributed by atoms with Crippen molar-refractivity contribution in [1.29, 1.82) is 0 Å². The van der Waals surface area contributed by atoms with E-state index in [1.165, 1.54) is 11.5 Å². The molecule has 18 heavy (non-hydrogen) atoms. The van der Waals surface area contributed by atoms with E-state index >= 15 is 0 Å². The molecule has 5 nitrogen and oxygen atoms in total. The van der Waals surface area contributed by atoms with Crippen molar-refractivity contribution in [3.63, 3.8) is 0 Å². The lowest BCUT2D eigenvalue weighted by Crippen LogP contribution is -2.57. The molecule has 1 aromatic rings. The van der Waals surface area contributed by atoms with Crippen molar-refractivity contribution in [2.45, 2.75) is 26.3 Å². The summed E-state index contributed by atoms with van der Waals surface area (Å²) in [6, 6.07) is 1.33. The number of carbonyl (C=O) groups excluding carboxylic acids is 2. The van der Waals surface area contributed by atoms with Crippen LogP contribution in [-0.4, -0.2) is 40.2 Å². The minimum absolute atomic E-state index is 0.0569. The Hall–Kier alpha value is -1.43. The van der Waals surface area contributed by atoms with Gasteiger partial charge >= 0.3 is 0 Å². The fourth-order valence-electron chi connectivity index (χ4n) is 2.11. The smallest absolute Gasteiger partial charge is 0.274 e. The Morgan fingerprint density at radius 1 is 1.67 bits per heavy atom. The van der Waals surface area contributed by atoms with Gasteiger partial charge in [-0.1, -0.05) is 13.8 Å². The summed E-state index contributed by atoms with van der Waals surface area (Å²) in [5, 5.41) is 4.59. The molecule has 0 unspecified atom stereocenters. The molecule has 98 valence electrons. The number of rotatable bonds is 3. The van der Waals surface area contributed by atoms with Gasteiger partial charge in [0.25, 0.3) is 5.91 Å². The van der Waals surface area contributed by atoms with E-state index in [0.717, 1.165) is 0 Å². The topological polar surface area (TPSA) is 62.3 Å². The number of carbonyl (C=O) groups is 2. The van der Waals surface area contributed by atoms with E-state index in [1.807, 2.05) is 13.8 Å². The van der Waals surface area contributed by atoms with Gasteiger partial charge in [-0.25, -0.2) is 0 Å². The van der Waals surface area contributed by atoms with Gasteiger partial charge in [0.15, 0.2) is 0 Å². The van der Waals surface area contributed by atoms with Crippen molar-refractivity contribution in [1.82, 2.24) is 14.6 Å². The molecule has 2 heterocycles. The third-order valence-corrected chi connectivity index (χ3v) is 3.50. The van der Waals surface area contributed by atoms with E-state index in [0.29, 0.717) is 31.1 Å². The monoisotopic (exact) mass is 267 g/mol. The summed E-state index contributed by atoms with van der Waals surface area (Å²) < 4.78 is 4.05. The lowest BCUT2D eigenvalue weighted by atomic mass is 10.00. The molecule has 0 saturated carbocycles. The second-order valence-electron chi connectivity index (χ2n) is 4.82. The summed E-state index contributed by atoms with van der Waals surface area (Å²) in [6.45, 7) is 5.17. The second-order valence-corrected chi connectivity index (χ2v) is 5.49. The highest BCUT2D eigenvalue weighted by atomic mass is 32.1. The Morgan fingerprint density at radius 2 is 2.44 bits per heavy atom. The molecule has 0 bridgehead atoms. The van der Waals surface area contributed by atoms with E-state index in [1.54, 1.807) is 16.3 Å². The van der Waals surface area contributed by atoms with Crippen LogP contribution < -0.4 is 5.32 Å². The lowest BCUT2D eigenvalue weighted by molar-refractivity contribution is -0.128. The first-order valence-corrected chi connectivity index (χ1v) is 6.92. The van der Waals surface area contributed by atoms with Gasteiger partial charge in [0.05, 0.1) is 0 Å². The quantitative estimate of drug-likeness (QED) is 0.893. The van der Waals surface area contributed by atoms with Crippen LogP contribution in [-0.2, 0) is 4.79 Å². The zero-order chi connectivity index (χ0) is 13.1. The first-order chi connectivity index (χ1) is 8.59. The molecular formula is C12H17N3O2S. The van der Waals surface area contributed by atoms with Crippen LogP contribution >= 0.6 is 11.5 Å². The molecular weight excluding hydrogens is 250 g/mol. The number of hydrogen-bond acceptors (Lipinski definition) is 4. The van der Waals surface area contributed by atoms with Gasteiger partial charge in [0.2, 0.25) is 5.91 Å². The summed E-state index contributed by atoms with van der Waals surface area (Å²) in [5.74, 6) is 0.167. The predicted octanol–water partition coefficient (Wildman–Crippen LogP) is 1.13. The van der Waals surface area contributed by atoms with E-state index < -0.39 is 0 Å². The average Bonchev–Trinajstić information content (AvgIpc) is 2.84. The first kappa shape index (κ1) is 13.0. The number of hydrogen-bond donors (Lipinski definition) is 1. The average molecular weight is 267 g/mol. The zero-order valence-corrected chi connectivity index (χ0v) is 11.4. The van der Waals surface area contributed by atoms with Crippen LogP contribution in [0.5, 0.6) is 0 Å². The molecule has 1 atom stereocenters. The van der Waals surface area contributed by atoms with Crippen LogP contribution in [0.4, 0.5) is 0 Å². The van der Waals surface area contributed by atoms with E-state index in [2.05, 4.69) is 9.69 Å². The molecule has 0 radical (unpaired) electrons. The highest BCUT2D eigenvalue weighted by Crippen LogP contribution is 2.17. The minimum Gasteiger partial charge on any atom is -0.353 e. The predicted molar refractivity (Wildman–Crippen MR) is 69.4 cm³/mol. The molecule has 2 amide bonds. The Morgan fingerprint density at radius 3 is 3.06 bits per heavy atom. The highest BCUT2D eigenvalue weighted by Gasteiger charge is 2.34. The molecule has 0 aliphatic carbocycles. The van der Waals surface area contributed by atoms with E-state index in [4.69, 9.17) is 0 Å². The third-order valence-electron chi connectivity index (χ3n) is 2.94. The molecule has 0 spiro atoms. The summed E-state index contributed by atoms with van der Waals surface area (Å²) in [6.07, 6.45) is 0.682. The van der Waals surface area contributed by atoms with Gasteiger partial charge in [0, 0.05) is 18.5 Å². The summed E-state index contributed by atoms with van der Waals surface area (Å²) in [4.78, 5) is 25.8. The van der Waals surface area contributed by atoms with Crippen LogP contribution in [0.1, 0.15) is 30.8 Å². The molecule has 1 fully saturated rings. The minimum atomic E-state index is -0.368. The number of nitrogens with zero attached hydrogens (tertiary/aromatic N) is 2. The Labute approximate surface area is 110 Å². The molecule has 1 aliphatic rings. The lowest BCUT2D eigenvalue weighted by Gasteiger charge is -2.35. The molecule has 6 heteroatoms. The number of piperazine rings is 1. The van der Waals surface area contributed by atoms with Crippen molar-refractivity contribution < 1.29 is 9.59 Å². The SMILES string of the molecule is CC(C)C[C@H]1C(=O)NCCN1C(=O)c1ccsn1. The highest BCUT2D eigenvalue weighted by molar-refractivity contribution is 7.03. The summed E-state index contributed by atoms with van der Waals surface area (Å²) in [5.41, 5.74) is 0.434. The van der Waals surface area contributed by atoms with Gasteiger partial charge in [-0.2, -0.15) is 4.37 Å². The largest absolute Gasteiger partial charge is 0.353 e. The third kappa shape index (κ3) is 2.69. The molecule has 1 aromatic heterocycles. The number of nitrogens with one attached hydrogen (secondary N) is 1. The van der Waals surface area contributed by atoms with Gasteiger partial charge in [-0.15, -0.1) is 0 Å². The van der Waals surface area contributed by atoms with Crippen LogP contribution in [0.2, 0.25) is 0 Å². The summed E-state index contributed by atoms with van der Waals surface area (Å²) >= 11 is 1.25. The van der Waals surface area contributed by atoms with Gasteiger partial charge in [0.1, 0.15) is 11.7 Å². The maximum atomic E-state index is 12.3. The van der Waals surface area contributed by atoms with Crippen LogP contribution in [0, 0.1) is 5.92 Å². The van der Waals surface area contributed by atoms with E-state index in [-0.39, 0.29) is 17.9 Å². The molecule has 1 N–H and O–H groups in total. The molecule has 0 aromatic carbocycles. The van der Waals surface area contributed by atoms with Gasteiger partial charge < -0.3 is 10.2 Å². The van der Waals surface area contributed by atoms with Crippen LogP contribution in [0.25, 0.3) is 0 Å². The molecule has 1 saturated heterocycles. The van der Waals surface area contributed by atoms with E-state index in [9.17, 15) is 9.59 Å². The summed E-state index contributed by atoms with van der Waals surface area (Å²) in [7, 11) is 0.